The van der Waals surface area contributed by atoms with E-state index in [1.54, 1.807) is 4.57 Å². The SMILES string of the molecule is CCCCn1c(=O)c(CCC(=O)O[C@H](C)C#N)nc2ccccc21. The summed E-state index contributed by atoms with van der Waals surface area (Å²) in [7, 11) is 0. The van der Waals surface area contributed by atoms with E-state index in [4.69, 9.17) is 10.00 Å². The van der Waals surface area contributed by atoms with E-state index in [2.05, 4.69) is 11.9 Å². The molecule has 0 spiro atoms. The maximum Gasteiger partial charge on any atom is 0.307 e. The minimum Gasteiger partial charge on any atom is -0.447 e. The molecule has 126 valence electrons. The largest absolute Gasteiger partial charge is 0.447 e. The molecule has 0 aliphatic carbocycles. The van der Waals surface area contributed by atoms with E-state index >= 15 is 0 Å². The molecule has 1 heterocycles. The zero-order valence-corrected chi connectivity index (χ0v) is 14.0. The summed E-state index contributed by atoms with van der Waals surface area (Å²) in [5, 5.41) is 8.66. The van der Waals surface area contributed by atoms with Gasteiger partial charge in [0, 0.05) is 13.0 Å². The maximum absolute atomic E-state index is 12.7. The van der Waals surface area contributed by atoms with E-state index in [1.807, 2.05) is 30.3 Å². The molecule has 1 atom stereocenters. The number of fused-ring (bicyclic) bond motifs is 1. The third-order valence-electron chi connectivity index (χ3n) is 3.71. The van der Waals surface area contributed by atoms with Gasteiger partial charge in [0.25, 0.3) is 5.56 Å². The van der Waals surface area contributed by atoms with Crippen LogP contribution < -0.4 is 5.56 Å². The highest BCUT2D eigenvalue weighted by atomic mass is 16.5. The van der Waals surface area contributed by atoms with Crippen LogP contribution in [0.1, 0.15) is 38.8 Å². The number of benzene rings is 1. The molecule has 0 aliphatic rings. The number of aryl methyl sites for hydroxylation is 2. The third-order valence-corrected chi connectivity index (χ3v) is 3.71. The van der Waals surface area contributed by atoms with E-state index < -0.39 is 12.1 Å². The van der Waals surface area contributed by atoms with Crippen molar-refractivity contribution in [3.63, 3.8) is 0 Å². The number of esters is 1. The van der Waals surface area contributed by atoms with Gasteiger partial charge in [-0.2, -0.15) is 5.26 Å². The smallest absolute Gasteiger partial charge is 0.307 e. The number of rotatable bonds is 7. The Morgan fingerprint density at radius 1 is 1.42 bits per heavy atom. The van der Waals surface area contributed by atoms with Gasteiger partial charge in [-0.3, -0.25) is 9.59 Å². The number of nitriles is 1. The van der Waals surface area contributed by atoms with Gasteiger partial charge in [0.1, 0.15) is 11.8 Å². The number of carbonyl (C=O) groups is 1. The van der Waals surface area contributed by atoms with Crippen molar-refractivity contribution in [1.82, 2.24) is 9.55 Å². The van der Waals surface area contributed by atoms with Crippen LogP contribution in [0.15, 0.2) is 29.1 Å². The van der Waals surface area contributed by atoms with Crippen molar-refractivity contribution in [2.24, 2.45) is 0 Å². The lowest BCUT2D eigenvalue weighted by atomic mass is 10.2. The summed E-state index contributed by atoms with van der Waals surface area (Å²) in [6.45, 7) is 4.20. The first kappa shape index (κ1) is 17.7. The van der Waals surface area contributed by atoms with Crippen LogP contribution in [-0.4, -0.2) is 21.6 Å². The quantitative estimate of drug-likeness (QED) is 0.730. The molecular formula is C18H21N3O3. The Kier molecular flexibility index (Phi) is 6.07. The zero-order chi connectivity index (χ0) is 17.5. The van der Waals surface area contributed by atoms with E-state index in [-0.39, 0.29) is 18.4 Å². The average Bonchev–Trinajstić information content (AvgIpc) is 2.59. The van der Waals surface area contributed by atoms with E-state index in [0.29, 0.717) is 12.2 Å². The minimum atomic E-state index is -0.789. The molecule has 6 nitrogen and oxygen atoms in total. The van der Waals surface area contributed by atoms with Crippen LogP contribution >= 0.6 is 0 Å². The fourth-order valence-electron chi connectivity index (χ4n) is 2.45. The second-order valence-electron chi connectivity index (χ2n) is 5.62. The molecule has 0 radical (unpaired) electrons. The number of hydrogen-bond donors (Lipinski definition) is 0. The topological polar surface area (TPSA) is 85.0 Å². The highest BCUT2D eigenvalue weighted by molar-refractivity contribution is 5.75. The molecule has 1 aromatic heterocycles. The summed E-state index contributed by atoms with van der Waals surface area (Å²) in [4.78, 5) is 28.8. The van der Waals surface area contributed by atoms with Crippen molar-refractivity contribution in [3.05, 3.63) is 40.3 Å². The van der Waals surface area contributed by atoms with Gasteiger partial charge < -0.3 is 9.30 Å². The number of unbranched alkanes of at least 4 members (excludes halogenated alkanes) is 1. The maximum atomic E-state index is 12.7. The summed E-state index contributed by atoms with van der Waals surface area (Å²) in [6, 6.07) is 9.33. The molecule has 6 heteroatoms. The molecule has 2 rings (SSSR count). The Bertz CT molecular complexity index is 820. The number of aromatic nitrogens is 2. The molecule has 0 aliphatic heterocycles. The van der Waals surface area contributed by atoms with Gasteiger partial charge in [0.15, 0.2) is 6.10 Å². The Hall–Kier alpha value is -2.68. The van der Waals surface area contributed by atoms with Crippen molar-refractivity contribution >= 4 is 17.0 Å². The van der Waals surface area contributed by atoms with Gasteiger partial charge in [0.2, 0.25) is 0 Å². The van der Waals surface area contributed by atoms with Crippen LogP contribution in [-0.2, 0) is 22.5 Å². The Balaban J connectivity index is 2.27. The van der Waals surface area contributed by atoms with Crippen LogP contribution in [0.2, 0.25) is 0 Å². The predicted octanol–water partition coefficient (Wildman–Crippen LogP) is 2.58. The summed E-state index contributed by atoms with van der Waals surface area (Å²) in [5.41, 5.74) is 1.73. The van der Waals surface area contributed by atoms with Gasteiger partial charge in [0.05, 0.1) is 17.5 Å². The van der Waals surface area contributed by atoms with Crippen molar-refractivity contribution < 1.29 is 9.53 Å². The van der Waals surface area contributed by atoms with Gasteiger partial charge in [-0.25, -0.2) is 4.98 Å². The van der Waals surface area contributed by atoms with Crippen molar-refractivity contribution in [2.75, 3.05) is 0 Å². The molecule has 0 unspecified atom stereocenters. The number of para-hydroxylation sites is 2. The number of carbonyl (C=O) groups excluding carboxylic acids is 1. The number of hydrogen-bond acceptors (Lipinski definition) is 5. The van der Waals surface area contributed by atoms with Gasteiger partial charge in [-0.05, 0) is 25.5 Å². The second-order valence-corrected chi connectivity index (χ2v) is 5.62. The first-order chi connectivity index (χ1) is 11.6. The lowest BCUT2D eigenvalue weighted by molar-refractivity contribution is -0.145. The molecule has 0 saturated carbocycles. The fourth-order valence-corrected chi connectivity index (χ4v) is 2.45. The van der Waals surface area contributed by atoms with Crippen molar-refractivity contribution in [1.29, 1.82) is 5.26 Å². The summed E-state index contributed by atoms with van der Waals surface area (Å²) < 4.78 is 6.63. The van der Waals surface area contributed by atoms with Gasteiger partial charge in [-0.1, -0.05) is 25.5 Å². The van der Waals surface area contributed by atoms with Gasteiger partial charge in [-0.15, -0.1) is 0 Å². The summed E-state index contributed by atoms with van der Waals surface area (Å²) >= 11 is 0. The predicted molar refractivity (Wildman–Crippen MR) is 90.4 cm³/mol. The average molecular weight is 327 g/mol. The third kappa shape index (κ3) is 4.19. The lowest BCUT2D eigenvalue weighted by Gasteiger charge is -2.12. The molecule has 0 amide bonds. The normalized spacial score (nSPS) is 11.9. The monoisotopic (exact) mass is 327 g/mol. The fraction of sp³-hybridized carbons (Fsp3) is 0.444. The molecule has 1 aromatic carbocycles. The van der Waals surface area contributed by atoms with Crippen molar-refractivity contribution in [2.45, 2.75) is 52.2 Å². The summed E-state index contributed by atoms with van der Waals surface area (Å²) in [5.74, 6) is -0.501. The van der Waals surface area contributed by atoms with Crippen LogP contribution in [0, 0.1) is 11.3 Å². The van der Waals surface area contributed by atoms with Crippen molar-refractivity contribution in [3.8, 4) is 6.07 Å². The highest BCUT2D eigenvalue weighted by Crippen LogP contribution is 2.12. The standard InChI is InChI=1S/C18H21N3O3/c1-3-4-11-21-16-8-6-5-7-14(16)20-15(18(21)23)9-10-17(22)24-13(2)12-19/h5-8,13H,3-4,9-11H2,1-2H3/t13-/m1/s1. The lowest BCUT2D eigenvalue weighted by Crippen LogP contribution is -2.26. The van der Waals surface area contributed by atoms with Crippen LogP contribution in [0.3, 0.4) is 0 Å². The van der Waals surface area contributed by atoms with Crippen LogP contribution in [0.5, 0.6) is 0 Å². The molecule has 0 bridgehead atoms. The van der Waals surface area contributed by atoms with Crippen LogP contribution in [0.4, 0.5) is 0 Å². The molecule has 0 N–H and O–H groups in total. The molecule has 24 heavy (non-hydrogen) atoms. The zero-order valence-electron chi connectivity index (χ0n) is 14.0. The van der Waals surface area contributed by atoms with E-state index in [9.17, 15) is 9.59 Å². The van der Waals surface area contributed by atoms with Crippen LogP contribution in [0.25, 0.3) is 11.0 Å². The molecule has 2 aromatic rings. The first-order valence-corrected chi connectivity index (χ1v) is 8.14. The number of nitrogens with zero attached hydrogens (tertiary/aromatic N) is 3. The Labute approximate surface area is 140 Å². The van der Waals surface area contributed by atoms with E-state index in [1.165, 1.54) is 6.92 Å². The molecule has 0 fully saturated rings. The molecule has 0 saturated heterocycles. The first-order valence-electron chi connectivity index (χ1n) is 8.14. The highest BCUT2D eigenvalue weighted by Gasteiger charge is 2.14. The van der Waals surface area contributed by atoms with E-state index in [0.717, 1.165) is 23.9 Å². The Morgan fingerprint density at radius 2 is 2.17 bits per heavy atom. The second kappa shape index (κ2) is 8.25. The minimum absolute atomic E-state index is 0.0282. The summed E-state index contributed by atoms with van der Waals surface area (Å²) in [6.07, 6.45) is 1.32. The Morgan fingerprint density at radius 3 is 2.88 bits per heavy atom. The number of ether oxygens (including phenoxy) is 1. The van der Waals surface area contributed by atoms with Gasteiger partial charge >= 0.3 is 5.97 Å². The molecular weight excluding hydrogens is 306 g/mol.